The van der Waals surface area contributed by atoms with Crippen molar-refractivity contribution in [1.29, 1.82) is 0 Å². The van der Waals surface area contributed by atoms with Gasteiger partial charge in [-0.05, 0) is 24.6 Å². The quantitative estimate of drug-likeness (QED) is 0.595. The maximum Gasteiger partial charge on any atom is 0.146 e. The van der Waals surface area contributed by atoms with Crippen molar-refractivity contribution in [2.75, 3.05) is 5.73 Å². The van der Waals surface area contributed by atoms with Gasteiger partial charge in [-0.25, -0.2) is 4.39 Å². The van der Waals surface area contributed by atoms with Gasteiger partial charge < -0.3 is 16.6 Å². The number of hydrogen-bond donors (Lipinski definition) is 3. The summed E-state index contributed by atoms with van der Waals surface area (Å²) in [4.78, 5) is 0. The number of nitrogens with two attached hydrogens (primary N) is 2. The van der Waals surface area contributed by atoms with Crippen LogP contribution in [0.15, 0.2) is 18.2 Å². The summed E-state index contributed by atoms with van der Waals surface area (Å²) in [5, 5.41) is 9.51. The van der Waals surface area contributed by atoms with Crippen molar-refractivity contribution in [1.82, 2.24) is 0 Å². The lowest BCUT2D eigenvalue weighted by Gasteiger charge is -2.15. The van der Waals surface area contributed by atoms with Crippen molar-refractivity contribution in [2.24, 2.45) is 5.73 Å². The average Bonchev–Trinajstić information content (AvgIpc) is 2.08. The van der Waals surface area contributed by atoms with Crippen molar-refractivity contribution in [3.63, 3.8) is 0 Å². The maximum absolute atomic E-state index is 12.7. The number of hydrogen-bond acceptors (Lipinski definition) is 3. The molecule has 0 fully saturated rings. The Morgan fingerprint density at radius 2 is 2.08 bits per heavy atom. The first-order valence-corrected chi connectivity index (χ1v) is 4.01. The lowest BCUT2D eigenvalue weighted by atomic mass is 10.0. The van der Waals surface area contributed by atoms with Crippen molar-refractivity contribution < 1.29 is 9.50 Å². The van der Waals surface area contributed by atoms with Gasteiger partial charge in [0, 0.05) is 6.04 Å². The smallest absolute Gasteiger partial charge is 0.146 e. The van der Waals surface area contributed by atoms with Crippen LogP contribution >= 0.6 is 0 Å². The van der Waals surface area contributed by atoms with E-state index in [9.17, 15) is 9.50 Å². The fourth-order valence-corrected chi connectivity index (χ4v) is 1.05. The van der Waals surface area contributed by atoms with Crippen molar-refractivity contribution in [2.45, 2.75) is 19.1 Å². The SMILES string of the molecule is C[C@@H](N)[C@@H](O)c1ccc(F)c(N)c1. The molecule has 0 heterocycles. The molecule has 13 heavy (non-hydrogen) atoms. The molecule has 2 atom stereocenters. The van der Waals surface area contributed by atoms with Gasteiger partial charge in [-0.3, -0.25) is 0 Å². The highest BCUT2D eigenvalue weighted by atomic mass is 19.1. The molecular formula is C9H13FN2O. The van der Waals surface area contributed by atoms with Crippen LogP contribution in [0.25, 0.3) is 0 Å². The Bertz CT molecular complexity index is 302. The molecule has 0 aromatic heterocycles. The molecule has 0 aliphatic heterocycles. The van der Waals surface area contributed by atoms with Crippen LogP contribution in [-0.4, -0.2) is 11.1 Å². The molecule has 3 nitrogen and oxygen atoms in total. The van der Waals surface area contributed by atoms with Crippen LogP contribution in [0.5, 0.6) is 0 Å². The highest BCUT2D eigenvalue weighted by Gasteiger charge is 2.13. The minimum absolute atomic E-state index is 0.0252. The Balaban J connectivity index is 2.97. The van der Waals surface area contributed by atoms with Gasteiger partial charge >= 0.3 is 0 Å². The molecule has 0 spiro atoms. The molecule has 0 radical (unpaired) electrons. The second kappa shape index (κ2) is 3.72. The molecule has 1 aromatic rings. The first-order chi connectivity index (χ1) is 6.02. The highest BCUT2D eigenvalue weighted by molar-refractivity contribution is 5.43. The summed E-state index contributed by atoms with van der Waals surface area (Å²) in [6.45, 7) is 1.67. The number of halogens is 1. The third-order valence-corrected chi connectivity index (χ3v) is 1.86. The maximum atomic E-state index is 12.7. The molecule has 0 amide bonds. The fraction of sp³-hybridized carbons (Fsp3) is 0.333. The van der Waals surface area contributed by atoms with Crippen molar-refractivity contribution in [3.8, 4) is 0 Å². The molecule has 5 N–H and O–H groups in total. The minimum Gasteiger partial charge on any atom is -0.396 e. The molecular weight excluding hydrogens is 171 g/mol. The standard InChI is InChI=1S/C9H13FN2O/c1-5(11)9(13)6-2-3-7(10)8(12)4-6/h2-5,9,13H,11-12H2,1H3/t5-,9-/m1/s1. The van der Waals surface area contributed by atoms with Gasteiger partial charge in [0.15, 0.2) is 0 Å². The van der Waals surface area contributed by atoms with Crippen LogP contribution in [0.3, 0.4) is 0 Å². The van der Waals surface area contributed by atoms with Gasteiger partial charge in [-0.1, -0.05) is 6.07 Å². The van der Waals surface area contributed by atoms with E-state index in [-0.39, 0.29) is 5.69 Å². The zero-order valence-corrected chi connectivity index (χ0v) is 7.37. The molecule has 0 bridgehead atoms. The zero-order valence-electron chi connectivity index (χ0n) is 7.37. The molecule has 0 saturated heterocycles. The Labute approximate surface area is 76.2 Å². The predicted molar refractivity (Wildman–Crippen MR) is 49.4 cm³/mol. The topological polar surface area (TPSA) is 72.3 Å². The van der Waals surface area contributed by atoms with Crippen molar-refractivity contribution in [3.05, 3.63) is 29.6 Å². The van der Waals surface area contributed by atoms with Crippen LogP contribution in [0.1, 0.15) is 18.6 Å². The normalized spacial score (nSPS) is 15.4. The molecule has 1 rings (SSSR count). The van der Waals surface area contributed by atoms with E-state index in [1.807, 2.05) is 0 Å². The largest absolute Gasteiger partial charge is 0.396 e. The van der Waals surface area contributed by atoms with E-state index in [1.165, 1.54) is 18.2 Å². The Morgan fingerprint density at radius 1 is 1.46 bits per heavy atom. The van der Waals surface area contributed by atoms with E-state index in [4.69, 9.17) is 11.5 Å². The zero-order chi connectivity index (χ0) is 10.0. The molecule has 0 unspecified atom stereocenters. The van der Waals surface area contributed by atoms with Gasteiger partial charge in [-0.15, -0.1) is 0 Å². The van der Waals surface area contributed by atoms with E-state index < -0.39 is 18.0 Å². The lowest BCUT2D eigenvalue weighted by Crippen LogP contribution is -2.24. The lowest BCUT2D eigenvalue weighted by molar-refractivity contribution is 0.153. The number of aliphatic hydroxyl groups is 1. The summed E-state index contributed by atoms with van der Waals surface area (Å²) < 4.78 is 12.7. The average molecular weight is 184 g/mol. The number of aliphatic hydroxyl groups excluding tert-OH is 1. The number of rotatable bonds is 2. The van der Waals surface area contributed by atoms with Crippen LogP contribution < -0.4 is 11.5 Å². The molecule has 4 heteroatoms. The Kier molecular flexibility index (Phi) is 2.85. The Morgan fingerprint density at radius 3 is 2.54 bits per heavy atom. The minimum atomic E-state index is -0.803. The summed E-state index contributed by atoms with van der Waals surface area (Å²) in [6, 6.07) is 3.68. The van der Waals surface area contributed by atoms with Crippen molar-refractivity contribution >= 4 is 5.69 Å². The summed E-state index contributed by atoms with van der Waals surface area (Å²) >= 11 is 0. The number of benzene rings is 1. The fourth-order valence-electron chi connectivity index (χ4n) is 1.05. The predicted octanol–water partition coefficient (Wildman–Crippen LogP) is 0.789. The second-order valence-corrected chi connectivity index (χ2v) is 3.08. The monoisotopic (exact) mass is 184 g/mol. The first-order valence-electron chi connectivity index (χ1n) is 4.01. The summed E-state index contributed by atoms with van der Waals surface area (Å²) in [6.07, 6.45) is -0.803. The second-order valence-electron chi connectivity index (χ2n) is 3.08. The Hall–Kier alpha value is -1.13. The van der Waals surface area contributed by atoms with E-state index in [0.717, 1.165) is 0 Å². The van der Waals surface area contributed by atoms with E-state index in [0.29, 0.717) is 5.56 Å². The molecule has 0 saturated carbocycles. The molecule has 0 aliphatic carbocycles. The molecule has 72 valence electrons. The van der Waals surface area contributed by atoms with Crippen LogP contribution in [0, 0.1) is 5.82 Å². The van der Waals surface area contributed by atoms with Crippen LogP contribution in [0.2, 0.25) is 0 Å². The van der Waals surface area contributed by atoms with E-state index in [1.54, 1.807) is 6.92 Å². The summed E-state index contributed by atoms with van der Waals surface area (Å²) in [5.41, 5.74) is 11.4. The molecule has 1 aromatic carbocycles. The highest BCUT2D eigenvalue weighted by Crippen LogP contribution is 2.19. The summed E-state index contributed by atoms with van der Waals surface area (Å²) in [5.74, 6) is -0.486. The number of nitrogen functional groups attached to an aromatic ring is 1. The van der Waals surface area contributed by atoms with E-state index >= 15 is 0 Å². The van der Waals surface area contributed by atoms with Crippen LogP contribution in [-0.2, 0) is 0 Å². The van der Waals surface area contributed by atoms with Gasteiger partial charge in [0.05, 0.1) is 11.8 Å². The first kappa shape index (κ1) is 9.95. The van der Waals surface area contributed by atoms with Gasteiger partial charge in [0.2, 0.25) is 0 Å². The van der Waals surface area contributed by atoms with Gasteiger partial charge in [-0.2, -0.15) is 0 Å². The molecule has 0 aliphatic rings. The van der Waals surface area contributed by atoms with Crippen LogP contribution in [0.4, 0.5) is 10.1 Å². The van der Waals surface area contributed by atoms with Gasteiger partial charge in [0.1, 0.15) is 5.82 Å². The number of anilines is 1. The van der Waals surface area contributed by atoms with Gasteiger partial charge in [0.25, 0.3) is 0 Å². The third-order valence-electron chi connectivity index (χ3n) is 1.86. The summed E-state index contributed by atoms with van der Waals surface area (Å²) in [7, 11) is 0. The third kappa shape index (κ3) is 2.17. The van der Waals surface area contributed by atoms with E-state index in [2.05, 4.69) is 0 Å².